The molecule has 3 aliphatic rings. The molecule has 0 radical (unpaired) electrons. The number of hydrogen-bond donors (Lipinski definition) is 2. The summed E-state index contributed by atoms with van der Waals surface area (Å²) in [7, 11) is 0. The first kappa shape index (κ1) is 36.6. The topological polar surface area (TPSA) is 125 Å². The number of carbonyl (C=O) groups is 4. The second-order valence-electron chi connectivity index (χ2n) is 15.5. The highest BCUT2D eigenvalue weighted by Crippen LogP contribution is 2.39. The third-order valence-corrected chi connectivity index (χ3v) is 10.0. The van der Waals surface area contributed by atoms with Crippen molar-refractivity contribution in [1.82, 2.24) is 10.2 Å². The van der Waals surface area contributed by atoms with E-state index in [0.717, 1.165) is 43.4 Å². The molecule has 3 amide bonds. The number of amides is 3. The van der Waals surface area contributed by atoms with Crippen LogP contribution in [0.25, 0.3) is 0 Å². The van der Waals surface area contributed by atoms with Gasteiger partial charge in [0.15, 0.2) is 0 Å². The highest BCUT2D eigenvalue weighted by molar-refractivity contribution is 7.15. The Kier molecular flexibility index (Phi) is 11.9. The maximum atomic E-state index is 14.2. The number of alkyl carbamates (subject to hydrolysis) is 1. The van der Waals surface area contributed by atoms with Crippen LogP contribution in [0.1, 0.15) is 127 Å². The number of ether oxygens (including phenoxy) is 2. The lowest BCUT2D eigenvalue weighted by atomic mass is 9.81. The van der Waals surface area contributed by atoms with Gasteiger partial charge in [-0.1, -0.05) is 18.8 Å². The molecule has 11 heteroatoms. The van der Waals surface area contributed by atoms with E-state index >= 15 is 0 Å². The van der Waals surface area contributed by atoms with Crippen molar-refractivity contribution >= 4 is 41.1 Å². The Morgan fingerprint density at radius 1 is 0.979 bits per heavy atom. The van der Waals surface area contributed by atoms with Crippen LogP contribution in [0.3, 0.4) is 0 Å². The van der Waals surface area contributed by atoms with Crippen molar-refractivity contribution in [3.63, 3.8) is 0 Å². The number of carboxylic acid groups (broad SMARTS) is 1. The van der Waals surface area contributed by atoms with E-state index in [4.69, 9.17) is 9.47 Å². The Labute approximate surface area is 283 Å². The molecular formula is C36H53N3O7S. The maximum absolute atomic E-state index is 14.2. The lowest BCUT2D eigenvalue weighted by Crippen LogP contribution is -2.50. The van der Waals surface area contributed by atoms with Gasteiger partial charge in [-0.05, 0) is 118 Å². The molecule has 0 unspecified atom stereocenters. The average Bonchev–Trinajstić information content (AvgIpc) is 3.40. The fourth-order valence-electron chi connectivity index (χ4n) is 6.58. The quantitative estimate of drug-likeness (QED) is 0.301. The van der Waals surface area contributed by atoms with Gasteiger partial charge in [0.1, 0.15) is 16.6 Å². The average molecular weight is 672 g/mol. The van der Waals surface area contributed by atoms with E-state index in [1.54, 1.807) is 15.9 Å². The number of aromatic carboxylic acids is 1. The van der Waals surface area contributed by atoms with Crippen LogP contribution in [0.15, 0.2) is 6.07 Å². The minimum atomic E-state index is -1.06. The summed E-state index contributed by atoms with van der Waals surface area (Å²) in [5, 5.41) is 13.2. The summed E-state index contributed by atoms with van der Waals surface area (Å²) in [4.78, 5) is 56.2. The van der Waals surface area contributed by atoms with Gasteiger partial charge in [0, 0.05) is 30.0 Å². The molecule has 1 aliphatic heterocycles. The molecule has 1 atom stereocenters. The molecule has 4 rings (SSSR count). The molecule has 260 valence electrons. The van der Waals surface area contributed by atoms with Gasteiger partial charge < -0.3 is 29.7 Å². The van der Waals surface area contributed by atoms with E-state index in [0.29, 0.717) is 61.7 Å². The van der Waals surface area contributed by atoms with Gasteiger partial charge in [-0.15, -0.1) is 11.3 Å². The van der Waals surface area contributed by atoms with E-state index in [2.05, 4.69) is 24.1 Å². The van der Waals surface area contributed by atoms with Gasteiger partial charge in [0.25, 0.3) is 0 Å². The molecule has 0 spiro atoms. The summed E-state index contributed by atoms with van der Waals surface area (Å²) in [5.74, 6) is 5.71. The normalized spacial score (nSPS) is 25.2. The second-order valence-corrected chi connectivity index (χ2v) is 16.6. The summed E-state index contributed by atoms with van der Waals surface area (Å²) in [5.41, 5.74) is -0.410. The minimum absolute atomic E-state index is 0.00445. The minimum Gasteiger partial charge on any atom is -0.477 e. The largest absolute Gasteiger partial charge is 0.477 e. The summed E-state index contributed by atoms with van der Waals surface area (Å²) in [6, 6.07) is 1.46. The highest BCUT2D eigenvalue weighted by Gasteiger charge is 2.38. The van der Waals surface area contributed by atoms with Crippen LogP contribution in [0, 0.1) is 29.1 Å². The van der Waals surface area contributed by atoms with E-state index < -0.39 is 29.9 Å². The smallest absolute Gasteiger partial charge is 0.410 e. The van der Waals surface area contributed by atoms with Crippen molar-refractivity contribution in [2.45, 2.75) is 136 Å². The molecule has 2 N–H and O–H groups in total. The van der Waals surface area contributed by atoms with Crippen LogP contribution in [0.2, 0.25) is 0 Å². The van der Waals surface area contributed by atoms with Gasteiger partial charge in [-0.2, -0.15) is 0 Å². The third kappa shape index (κ3) is 10.6. The zero-order valence-corrected chi connectivity index (χ0v) is 30.0. The summed E-state index contributed by atoms with van der Waals surface area (Å²) in [6.07, 6.45) is 6.12. The Hall–Kier alpha value is -3.26. The van der Waals surface area contributed by atoms with Crippen LogP contribution in [0.5, 0.6) is 0 Å². The number of rotatable bonds is 6. The van der Waals surface area contributed by atoms with Crippen molar-refractivity contribution in [1.29, 1.82) is 0 Å². The molecule has 2 aliphatic carbocycles. The molecule has 1 aromatic heterocycles. The fraction of sp³-hybridized carbons (Fsp3) is 0.722. The number of carbonyl (C=O) groups excluding carboxylic acids is 3. The van der Waals surface area contributed by atoms with Crippen molar-refractivity contribution in [2.24, 2.45) is 17.3 Å². The number of anilines is 1. The van der Waals surface area contributed by atoms with Crippen molar-refractivity contribution in [3.8, 4) is 11.8 Å². The SMILES string of the molecule is CC(C)(C)C#Cc1cc(N(C(=O)[C@H]2CC[C@H](C)CC2)C2CCC(NC(=O)O[C@@H]3CCCN(C(=O)OC(C)(C)C)C3)CC2)c(C(=O)O)s1. The highest BCUT2D eigenvalue weighted by atomic mass is 32.1. The Bertz CT molecular complexity index is 1350. The fourth-order valence-corrected chi connectivity index (χ4v) is 7.42. The third-order valence-electron chi connectivity index (χ3n) is 9.02. The predicted octanol–water partition coefficient (Wildman–Crippen LogP) is 7.44. The molecular weight excluding hydrogens is 618 g/mol. The second kappa shape index (κ2) is 15.3. The van der Waals surface area contributed by atoms with E-state index in [1.807, 2.05) is 41.5 Å². The van der Waals surface area contributed by atoms with Crippen molar-refractivity contribution in [3.05, 3.63) is 15.8 Å². The van der Waals surface area contributed by atoms with Crippen molar-refractivity contribution < 1.29 is 33.8 Å². The number of nitrogens with zero attached hydrogens (tertiary/aromatic N) is 2. The zero-order valence-electron chi connectivity index (χ0n) is 29.1. The number of likely N-dealkylation sites (tertiary alicyclic amines) is 1. The summed E-state index contributed by atoms with van der Waals surface area (Å²) < 4.78 is 11.2. The lowest BCUT2D eigenvalue weighted by Gasteiger charge is -2.39. The summed E-state index contributed by atoms with van der Waals surface area (Å²) >= 11 is 1.12. The van der Waals surface area contributed by atoms with Gasteiger partial charge in [-0.3, -0.25) is 4.79 Å². The Balaban J connectivity index is 1.43. The van der Waals surface area contributed by atoms with E-state index in [9.17, 15) is 24.3 Å². The van der Waals surface area contributed by atoms with Gasteiger partial charge >= 0.3 is 18.2 Å². The standard InChI is InChI=1S/C36H53N3O7S/c1-23-10-12-24(13-11-23)31(40)39(29-21-28(18-19-35(2,3)4)47-30(29)32(41)42)26-16-14-25(15-17-26)37-33(43)45-27-9-8-20-38(22-27)34(44)46-36(5,6)7/h21,23-27H,8-17,20,22H2,1-7H3,(H,37,43)(H,41,42)/t23-,24-,25?,26?,27-/m1/s1. The number of piperidine rings is 1. The lowest BCUT2D eigenvalue weighted by molar-refractivity contribution is -0.124. The van der Waals surface area contributed by atoms with E-state index in [-0.39, 0.29) is 34.2 Å². The van der Waals surface area contributed by atoms with Gasteiger partial charge in [0.05, 0.1) is 17.1 Å². The zero-order chi connectivity index (χ0) is 34.5. The van der Waals surface area contributed by atoms with Crippen LogP contribution in [0.4, 0.5) is 15.3 Å². The van der Waals surface area contributed by atoms with Crippen LogP contribution >= 0.6 is 11.3 Å². The Morgan fingerprint density at radius 2 is 1.64 bits per heavy atom. The molecule has 0 aromatic carbocycles. The molecule has 10 nitrogen and oxygen atoms in total. The number of nitrogens with one attached hydrogen (secondary N) is 1. The first-order valence-electron chi connectivity index (χ1n) is 17.2. The van der Waals surface area contributed by atoms with E-state index in [1.165, 1.54) is 0 Å². The monoisotopic (exact) mass is 671 g/mol. The molecule has 3 fully saturated rings. The van der Waals surface area contributed by atoms with Crippen LogP contribution < -0.4 is 10.2 Å². The number of thiophene rings is 1. The molecule has 1 saturated heterocycles. The number of hydrogen-bond acceptors (Lipinski definition) is 7. The first-order valence-corrected chi connectivity index (χ1v) is 18.0. The molecule has 1 aromatic rings. The molecule has 47 heavy (non-hydrogen) atoms. The van der Waals surface area contributed by atoms with Crippen LogP contribution in [-0.2, 0) is 14.3 Å². The molecule has 0 bridgehead atoms. The van der Waals surface area contributed by atoms with Crippen molar-refractivity contribution in [2.75, 3.05) is 18.0 Å². The Morgan fingerprint density at radius 3 is 2.23 bits per heavy atom. The molecule has 2 heterocycles. The van der Waals surface area contributed by atoms with Gasteiger partial charge in [-0.25, -0.2) is 14.4 Å². The van der Waals surface area contributed by atoms with Gasteiger partial charge in [0.2, 0.25) is 5.91 Å². The number of carboxylic acids is 1. The summed E-state index contributed by atoms with van der Waals surface area (Å²) in [6.45, 7) is 14.5. The van der Waals surface area contributed by atoms with Crippen LogP contribution in [-0.4, -0.2) is 70.9 Å². The first-order chi connectivity index (χ1) is 22.0. The molecule has 2 saturated carbocycles. The maximum Gasteiger partial charge on any atom is 0.410 e. The predicted molar refractivity (Wildman–Crippen MR) is 183 cm³/mol.